The molecule has 0 unspecified atom stereocenters. The SMILES string of the molecule is O=C(COc1ccccc1)NCC(=O)Nc1cccc(Cl)c1Cl. The van der Waals surface area contributed by atoms with Crippen molar-refractivity contribution in [3.63, 3.8) is 0 Å². The molecule has 0 saturated heterocycles. The molecule has 0 heterocycles. The lowest BCUT2D eigenvalue weighted by Gasteiger charge is -2.09. The molecule has 0 aliphatic rings. The summed E-state index contributed by atoms with van der Waals surface area (Å²) in [5.41, 5.74) is 0.388. The second-order valence-electron chi connectivity index (χ2n) is 4.53. The van der Waals surface area contributed by atoms with Crippen LogP contribution in [-0.4, -0.2) is 25.0 Å². The van der Waals surface area contributed by atoms with Crippen LogP contribution in [0.2, 0.25) is 10.0 Å². The van der Waals surface area contributed by atoms with E-state index in [1.807, 2.05) is 6.07 Å². The highest BCUT2D eigenvalue weighted by atomic mass is 35.5. The number of carbonyl (C=O) groups excluding carboxylic acids is 2. The van der Waals surface area contributed by atoms with Gasteiger partial charge in [0.15, 0.2) is 6.61 Å². The number of amides is 2. The van der Waals surface area contributed by atoms with E-state index in [4.69, 9.17) is 27.9 Å². The van der Waals surface area contributed by atoms with Crippen LogP contribution in [0.5, 0.6) is 5.75 Å². The first-order valence-electron chi connectivity index (χ1n) is 6.74. The third-order valence-corrected chi connectivity index (χ3v) is 3.60. The number of anilines is 1. The average molecular weight is 353 g/mol. The Hall–Kier alpha value is -2.24. The lowest BCUT2D eigenvalue weighted by Crippen LogP contribution is -2.35. The van der Waals surface area contributed by atoms with Crippen LogP contribution in [0, 0.1) is 0 Å². The van der Waals surface area contributed by atoms with E-state index >= 15 is 0 Å². The molecule has 2 aromatic carbocycles. The molecular weight excluding hydrogens is 339 g/mol. The molecule has 5 nitrogen and oxygen atoms in total. The summed E-state index contributed by atoms with van der Waals surface area (Å²) in [6.07, 6.45) is 0. The molecule has 0 radical (unpaired) electrons. The Balaban J connectivity index is 1.75. The van der Waals surface area contributed by atoms with Gasteiger partial charge in [-0.2, -0.15) is 0 Å². The third-order valence-electron chi connectivity index (χ3n) is 2.78. The number of ether oxygens (including phenoxy) is 1. The van der Waals surface area contributed by atoms with Gasteiger partial charge in [-0.3, -0.25) is 9.59 Å². The largest absolute Gasteiger partial charge is 0.484 e. The molecule has 0 aromatic heterocycles. The zero-order valence-electron chi connectivity index (χ0n) is 12.0. The van der Waals surface area contributed by atoms with Gasteiger partial charge in [0.25, 0.3) is 5.91 Å². The maximum atomic E-state index is 11.8. The molecule has 0 bridgehead atoms. The first-order valence-corrected chi connectivity index (χ1v) is 7.50. The second kappa shape index (κ2) is 8.41. The summed E-state index contributed by atoms with van der Waals surface area (Å²) in [6, 6.07) is 13.8. The van der Waals surface area contributed by atoms with Gasteiger partial charge >= 0.3 is 0 Å². The van der Waals surface area contributed by atoms with Crippen LogP contribution in [0.15, 0.2) is 48.5 Å². The fraction of sp³-hybridized carbons (Fsp3) is 0.125. The maximum absolute atomic E-state index is 11.8. The minimum absolute atomic E-state index is 0.171. The molecule has 23 heavy (non-hydrogen) atoms. The molecule has 0 spiro atoms. The van der Waals surface area contributed by atoms with Crippen molar-refractivity contribution in [1.29, 1.82) is 0 Å². The lowest BCUT2D eigenvalue weighted by molar-refractivity contribution is -0.125. The highest BCUT2D eigenvalue weighted by molar-refractivity contribution is 6.44. The summed E-state index contributed by atoms with van der Waals surface area (Å²) >= 11 is 11.8. The number of carbonyl (C=O) groups is 2. The number of halogens is 2. The van der Waals surface area contributed by atoms with Crippen molar-refractivity contribution in [2.45, 2.75) is 0 Å². The van der Waals surface area contributed by atoms with Crippen molar-refractivity contribution in [1.82, 2.24) is 5.32 Å². The Labute approximate surface area is 143 Å². The fourth-order valence-electron chi connectivity index (χ4n) is 1.69. The van der Waals surface area contributed by atoms with E-state index in [0.29, 0.717) is 16.5 Å². The molecular formula is C16H14Cl2N2O3. The Morgan fingerprint density at radius 3 is 2.43 bits per heavy atom. The topological polar surface area (TPSA) is 67.4 Å². The van der Waals surface area contributed by atoms with E-state index in [-0.39, 0.29) is 18.2 Å². The van der Waals surface area contributed by atoms with Gasteiger partial charge < -0.3 is 15.4 Å². The van der Waals surface area contributed by atoms with E-state index in [1.165, 1.54) is 0 Å². The van der Waals surface area contributed by atoms with Crippen LogP contribution in [0.25, 0.3) is 0 Å². The van der Waals surface area contributed by atoms with Crippen molar-refractivity contribution in [3.05, 3.63) is 58.6 Å². The van der Waals surface area contributed by atoms with Crippen LogP contribution in [0.3, 0.4) is 0 Å². The monoisotopic (exact) mass is 352 g/mol. The Bertz CT molecular complexity index is 693. The summed E-state index contributed by atoms with van der Waals surface area (Å²) in [5.74, 6) is -0.235. The zero-order chi connectivity index (χ0) is 16.7. The van der Waals surface area contributed by atoms with Gasteiger partial charge in [-0.1, -0.05) is 47.5 Å². The maximum Gasteiger partial charge on any atom is 0.258 e. The molecule has 2 amide bonds. The molecule has 0 fully saturated rings. The Morgan fingerprint density at radius 2 is 1.70 bits per heavy atom. The molecule has 0 saturated carbocycles. The first kappa shape index (κ1) is 17.1. The summed E-state index contributed by atoms with van der Waals surface area (Å²) in [4.78, 5) is 23.4. The van der Waals surface area contributed by atoms with Crippen LogP contribution in [0.4, 0.5) is 5.69 Å². The number of rotatable bonds is 6. The first-order chi connectivity index (χ1) is 11.1. The van der Waals surface area contributed by atoms with Gasteiger partial charge in [0, 0.05) is 0 Å². The quantitative estimate of drug-likeness (QED) is 0.839. The van der Waals surface area contributed by atoms with Gasteiger partial charge in [0.2, 0.25) is 5.91 Å². The van der Waals surface area contributed by atoms with E-state index < -0.39 is 11.8 Å². The smallest absolute Gasteiger partial charge is 0.258 e. The van der Waals surface area contributed by atoms with Crippen molar-refractivity contribution < 1.29 is 14.3 Å². The van der Waals surface area contributed by atoms with Gasteiger partial charge in [-0.05, 0) is 24.3 Å². The molecule has 7 heteroatoms. The molecule has 0 aliphatic heterocycles. The summed E-state index contributed by atoms with van der Waals surface area (Å²) in [6.45, 7) is -0.366. The average Bonchev–Trinajstić information content (AvgIpc) is 2.56. The summed E-state index contributed by atoms with van der Waals surface area (Å²) in [5, 5.41) is 5.61. The number of para-hydroxylation sites is 1. The van der Waals surface area contributed by atoms with E-state index in [0.717, 1.165) is 0 Å². The Morgan fingerprint density at radius 1 is 0.957 bits per heavy atom. The van der Waals surface area contributed by atoms with Gasteiger partial charge in [0.1, 0.15) is 5.75 Å². The zero-order valence-corrected chi connectivity index (χ0v) is 13.5. The lowest BCUT2D eigenvalue weighted by atomic mass is 10.3. The Kier molecular flexibility index (Phi) is 6.26. The van der Waals surface area contributed by atoms with E-state index in [9.17, 15) is 9.59 Å². The highest BCUT2D eigenvalue weighted by Gasteiger charge is 2.10. The van der Waals surface area contributed by atoms with E-state index in [1.54, 1.807) is 42.5 Å². The minimum atomic E-state index is -0.415. The van der Waals surface area contributed by atoms with E-state index in [2.05, 4.69) is 10.6 Å². The molecule has 0 aliphatic carbocycles. The molecule has 2 aromatic rings. The third kappa shape index (κ3) is 5.47. The van der Waals surface area contributed by atoms with Crippen molar-refractivity contribution in [3.8, 4) is 5.75 Å². The van der Waals surface area contributed by atoms with Crippen molar-refractivity contribution in [2.24, 2.45) is 0 Å². The number of hydrogen-bond donors (Lipinski definition) is 2. The van der Waals surface area contributed by atoms with Crippen molar-refractivity contribution >= 4 is 40.7 Å². The molecule has 2 rings (SSSR count). The predicted molar refractivity (Wildman–Crippen MR) is 90.0 cm³/mol. The number of nitrogens with one attached hydrogen (secondary N) is 2. The van der Waals surface area contributed by atoms with Gasteiger partial charge in [0.05, 0.1) is 22.3 Å². The minimum Gasteiger partial charge on any atom is -0.484 e. The number of hydrogen-bond acceptors (Lipinski definition) is 3. The highest BCUT2D eigenvalue weighted by Crippen LogP contribution is 2.29. The number of benzene rings is 2. The van der Waals surface area contributed by atoms with Gasteiger partial charge in [-0.25, -0.2) is 0 Å². The van der Waals surface area contributed by atoms with Crippen LogP contribution >= 0.6 is 23.2 Å². The van der Waals surface area contributed by atoms with Crippen LogP contribution in [-0.2, 0) is 9.59 Å². The normalized spacial score (nSPS) is 10.0. The molecule has 0 atom stereocenters. The predicted octanol–water partition coefficient (Wildman–Crippen LogP) is 3.13. The second-order valence-corrected chi connectivity index (χ2v) is 5.31. The van der Waals surface area contributed by atoms with Crippen LogP contribution < -0.4 is 15.4 Å². The van der Waals surface area contributed by atoms with Crippen LogP contribution in [0.1, 0.15) is 0 Å². The summed E-state index contributed by atoms with van der Waals surface area (Å²) < 4.78 is 5.27. The standard InChI is InChI=1S/C16H14Cl2N2O3/c17-12-7-4-8-13(16(12)18)20-14(21)9-19-15(22)10-23-11-5-2-1-3-6-11/h1-8H,9-10H2,(H,19,22)(H,20,21). The molecule has 120 valence electrons. The van der Waals surface area contributed by atoms with Gasteiger partial charge in [-0.15, -0.1) is 0 Å². The molecule has 2 N–H and O–H groups in total. The summed E-state index contributed by atoms with van der Waals surface area (Å²) in [7, 11) is 0. The van der Waals surface area contributed by atoms with Crippen molar-refractivity contribution in [2.75, 3.05) is 18.5 Å². The fourth-order valence-corrected chi connectivity index (χ4v) is 2.04.